The van der Waals surface area contributed by atoms with Crippen LogP contribution in [0.2, 0.25) is 0 Å². The first-order valence-corrected chi connectivity index (χ1v) is 6.77. The molecule has 0 saturated heterocycles. The van der Waals surface area contributed by atoms with E-state index in [4.69, 9.17) is 9.84 Å². The molecule has 0 aliphatic heterocycles. The van der Waals surface area contributed by atoms with Crippen molar-refractivity contribution in [2.24, 2.45) is 0 Å². The number of carboxylic acids is 1. The van der Waals surface area contributed by atoms with E-state index in [2.05, 4.69) is 5.32 Å². The summed E-state index contributed by atoms with van der Waals surface area (Å²) in [5.41, 5.74) is 1.60. The molecular weight excluding hydrogens is 278 g/mol. The first-order valence-electron chi connectivity index (χ1n) is 5.89. The molecule has 0 unspecified atom stereocenters. The molecule has 0 aliphatic rings. The van der Waals surface area contributed by atoms with Crippen LogP contribution in [0.25, 0.3) is 10.4 Å². The first-order chi connectivity index (χ1) is 9.66. The van der Waals surface area contributed by atoms with E-state index in [0.29, 0.717) is 5.69 Å². The van der Waals surface area contributed by atoms with Gasteiger partial charge in [-0.2, -0.15) is 0 Å². The Morgan fingerprint density at radius 3 is 2.65 bits per heavy atom. The maximum atomic E-state index is 11.7. The minimum absolute atomic E-state index is 0.287. The predicted octanol–water partition coefficient (Wildman–Crippen LogP) is 2.45. The highest BCUT2D eigenvalue weighted by Crippen LogP contribution is 2.31. The Bertz CT molecular complexity index is 595. The van der Waals surface area contributed by atoms with Gasteiger partial charge in [-0.3, -0.25) is 4.79 Å². The van der Waals surface area contributed by atoms with Crippen molar-refractivity contribution >= 4 is 28.9 Å². The summed E-state index contributed by atoms with van der Waals surface area (Å²) in [5.74, 6) is -1.48. The van der Waals surface area contributed by atoms with Gasteiger partial charge in [0.15, 0.2) is 0 Å². The van der Waals surface area contributed by atoms with Crippen molar-refractivity contribution in [3.8, 4) is 10.4 Å². The van der Waals surface area contributed by atoms with Crippen LogP contribution in [0.15, 0.2) is 41.8 Å². The van der Waals surface area contributed by atoms with Crippen molar-refractivity contribution in [3.63, 3.8) is 0 Å². The zero-order chi connectivity index (χ0) is 14.4. The summed E-state index contributed by atoms with van der Waals surface area (Å²) in [7, 11) is 0. The number of carboxylic acid groups (broad SMARTS) is 1. The van der Waals surface area contributed by atoms with Crippen molar-refractivity contribution in [2.75, 3.05) is 18.5 Å². The number of anilines is 1. The van der Waals surface area contributed by atoms with E-state index in [1.165, 1.54) is 0 Å². The standard InChI is InChI=1S/C14H13NO4S/c16-13(8-19-9-14(17)18)15-11-5-2-1-4-10(11)12-6-3-7-20-12/h1-7H,8-9H2,(H,15,16)(H,17,18). The minimum Gasteiger partial charge on any atom is -0.480 e. The summed E-state index contributed by atoms with van der Waals surface area (Å²) in [6, 6.07) is 11.3. The first kappa shape index (κ1) is 14.2. The number of hydrogen-bond donors (Lipinski definition) is 2. The normalized spacial score (nSPS) is 10.2. The van der Waals surface area contributed by atoms with Crippen molar-refractivity contribution in [3.05, 3.63) is 41.8 Å². The number of carbonyl (C=O) groups is 2. The van der Waals surface area contributed by atoms with Crippen molar-refractivity contribution < 1.29 is 19.4 Å². The number of carbonyl (C=O) groups excluding carboxylic acids is 1. The topological polar surface area (TPSA) is 75.6 Å². The summed E-state index contributed by atoms with van der Waals surface area (Å²) >= 11 is 1.58. The third-order valence-corrected chi connectivity index (χ3v) is 3.35. The average Bonchev–Trinajstić information content (AvgIpc) is 2.92. The van der Waals surface area contributed by atoms with Crippen molar-refractivity contribution in [1.82, 2.24) is 0 Å². The molecule has 0 bridgehead atoms. The van der Waals surface area contributed by atoms with Gasteiger partial charge in [-0.1, -0.05) is 24.3 Å². The number of para-hydroxylation sites is 1. The van der Waals surface area contributed by atoms with Gasteiger partial charge < -0.3 is 15.2 Å². The fourth-order valence-electron chi connectivity index (χ4n) is 1.66. The largest absolute Gasteiger partial charge is 0.480 e. The fraction of sp³-hybridized carbons (Fsp3) is 0.143. The molecule has 1 amide bonds. The molecule has 1 heterocycles. The highest BCUT2D eigenvalue weighted by molar-refractivity contribution is 7.13. The van der Waals surface area contributed by atoms with Gasteiger partial charge in [0, 0.05) is 16.1 Å². The molecule has 20 heavy (non-hydrogen) atoms. The van der Waals surface area contributed by atoms with Crippen LogP contribution in [0.4, 0.5) is 5.69 Å². The van der Waals surface area contributed by atoms with Gasteiger partial charge in [0.2, 0.25) is 5.91 Å². The molecule has 1 aromatic heterocycles. The molecule has 0 saturated carbocycles. The second-order valence-corrected chi connectivity index (χ2v) is 4.91. The van der Waals surface area contributed by atoms with Gasteiger partial charge in [0.25, 0.3) is 0 Å². The van der Waals surface area contributed by atoms with Gasteiger partial charge >= 0.3 is 5.97 Å². The zero-order valence-electron chi connectivity index (χ0n) is 10.5. The van der Waals surface area contributed by atoms with Gasteiger partial charge in [0.05, 0.1) is 0 Å². The summed E-state index contributed by atoms with van der Waals surface area (Å²) in [5, 5.41) is 13.1. The molecule has 5 nitrogen and oxygen atoms in total. The molecule has 0 spiro atoms. The second kappa shape index (κ2) is 6.83. The molecule has 2 rings (SSSR count). The van der Waals surface area contributed by atoms with Crippen LogP contribution in [0.3, 0.4) is 0 Å². The SMILES string of the molecule is O=C(O)COCC(=O)Nc1ccccc1-c1cccs1. The summed E-state index contributed by atoms with van der Waals surface area (Å²) < 4.78 is 4.75. The number of amides is 1. The Kier molecular flexibility index (Phi) is 4.86. The second-order valence-electron chi connectivity index (χ2n) is 3.96. The van der Waals surface area contributed by atoms with Crippen LogP contribution in [-0.2, 0) is 14.3 Å². The number of hydrogen-bond acceptors (Lipinski definition) is 4. The Balaban J connectivity index is 2.03. The average molecular weight is 291 g/mol. The monoisotopic (exact) mass is 291 g/mol. The maximum Gasteiger partial charge on any atom is 0.329 e. The van der Waals surface area contributed by atoms with Crippen molar-refractivity contribution in [1.29, 1.82) is 0 Å². The van der Waals surface area contributed by atoms with Crippen LogP contribution < -0.4 is 5.32 Å². The molecular formula is C14H13NO4S. The van der Waals surface area contributed by atoms with Crippen LogP contribution in [0.1, 0.15) is 0 Å². The van der Waals surface area contributed by atoms with E-state index >= 15 is 0 Å². The van der Waals surface area contributed by atoms with E-state index in [0.717, 1.165) is 10.4 Å². The number of benzene rings is 1. The quantitative estimate of drug-likeness (QED) is 0.857. The van der Waals surface area contributed by atoms with E-state index in [9.17, 15) is 9.59 Å². The van der Waals surface area contributed by atoms with Crippen LogP contribution in [-0.4, -0.2) is 30.2 Å². The van der Waals surface area contributed by atoms with Gasteiger partial charge in [-0.05, 0) is 17.5 Å². The molecule has 2 aromatic rings. The Morgan fingerprint density at radius 1 is 1.15 bits per heavy atom. The number of aliphatic carboxylic acids is 1. The molecule has 0 aliphatic carbocycles. The molecule has 104 valence electrons. The third kappa shape index (κ3) is 3.91. The molecule has 1 aromatic carbocycles. The summed E-state index contributed by atoms with van der Waals surface area (Å²) in [6.07, 6.45) is 0. The number of rotatable bonds is 6. The highest BCUT2D eigenvalue weighted by Gasteiger charge is 2.09. The summed E-state index contributed by atoms with van der Waals surface area (Å²) in [4.78, 5) is 23.0. The number of ether oxygens (including phenoxy) is 1. The highest BCUT2D eigenvalue weighted by atomic mass is 32.1. The molecule has 6 heteroatoms. The van der Waals surface area contributed by atoms with E-state index in [1.54, 1.807) is 17.4 Å². The van der Waals surface area contributed by atoms with E-state index in [-0.39, 0.29) is 12.5 Å². The van der Waals surface area contributed by atoms with Gasteiger partial charge in [-0.25, -0.2) is 4.79 Å². The predicted molar refractivity (Wildman–Crippen MR) is 76.8 cm³/mol. The lowest BCUT2D eigenvalue weighted by Crippen LogP contribution is -2.21. The van der Waals surface area contributed by atoms with E-state index in [1.807, 2.05) is 35.7 Å². The third-order valence-electron chi connectivity index (χ3n) is 2.45. The molecule has 0 radical (unpaired) electrons. The maximum absolute atomic E-state index is 11.7. The zero-order valence-corrected chi connectivity index (χ0v) is 11.4. The summed E-state index contributed by atoms with van der Waals surface area (Å²) in [6.45, 7) is -0.773. The molecule has 0 fully saturated rings. The molecule has 0 atom stereocenters. The van der Waals surface area contributed by atoms with Crippen LogP contribution in [0.5, 0.6) is 0 Å². The van der Waals surface area contributed by atoms with Gasteiger partial charge in [0.1, 0.15) is 13.2 Å². The van der Waals surface area contributed by atoms with Crippen molar-refractivity contribution in [2.45, 2.75) is 0 Å². The lowest BCUT2D eigenvalue weighted by atomic mass is 10.1. The fourth-order valence-corrected chi connectivity index (χ4v) is 2.42. The smallest absolute Gasteiger partial charge is 0.329 e. The van der Waals surface area contributed by atoms with Crippen LogP contribution >= 0.6 is 11.3 Å². The van der Waals surface area contributed by atoms with Gasteiger partial charge in [-0.15, -0.1) is 11.3 Å². The van der Waals surface area contributed by atoms with Crippen LogP contribution in [0, 0.1) is 0 Å². The Labute approximate surface area is 119 Å². The lowest BCUT2D eigenvalue weighted by molar-refractivity contribution is -0.143. The molecule has 2 N–H and O–H groups in total. The lowest BCUT2D eigenvalue weighted by Gasteiger charge is -2.09. The Hall–Kier alpha value is -2.18. The minimum atomic E-state index is -1.10. The van der Waals surface area contributed by atoms with E-state index < -0.39 is 12.6 Å². The number of nitrogens with one attached hydrogen (secondary N) is 1. The Morgan fingerprint density at radius 2 is 1.95 bits per heavy atom. The number of thiophene rings is 1.